The number of ether oxygens (including phenoxy) is 2. The van der Waals surface area contributed by atoms with Crippen LogP contribution in [0.5, 0.6) is 5.75 Å². The molecule has 0 unspecified atom stereocenters. The van der Waals surface area contributed by atoms with Crippen LogP contribution in [0, 0.1) is 6.92 Å². The molecular formula is C18H19NO6S. The van der Waals surface area contributed by atoms with Crippen molar-refractivity contribution in [3.8, 4) is 5.75 Å². The standard InChI is InChI=1S/C18H19NO6S/c1-12-8-9-13(10-15(12)24-2)18(21)25-11-17(20)19-14-6-4-5-7-16(14)26(3,22)23/h4-10H,11H2,1-3H3,(H,19,20). The van der Waals surface area contributed by atoms with Gasteiger partial charge in [-0.05, 0) is 36.8 Å². The largest absolute Gasteiger partial charge is 0.496 e. The zero-order chi connectivity index (χ0) is 19.3. The summed E-state index contributed by atoms with van der Waals surface area (Å²) >= 11 is 0. The smallest absolute Gasteiger partial charge is 0.338 e. The number of sulfone groups is 1. The minimum Gasteiger partial charge on any atom is -0.496 e. The first-order chi connectivity index (χ1) is 12.2. The van der Waals surface area contributed by atoms with Gasteiger partial charge in [-0.25, -0.2) is 13.2 Å². The van der Waals surface area contributed by atoms with Crippen molar-refractivity contribution in [2.75, 3.05) is 25.3 Å². The summed E-state index contributed by atoms with van der Waals surface area (Å²) in [5, 5.41) is 2.44. The number of benzene rings is 2. The second-order valence-corrected chi connectivity index (χ2v) is 7.56. The van der Waals surface area contributed by atoms with Crippen molar-refractivity contribution in [3.63, 3.8) is 0 Å². The Hall–Kier alpha value is -2.87. The van der Waals surface area contributed by atoms with Crippen LogP contribution in [0.15, 0.2) is 47.4 Å². The highest BCUT2D eigenvalue weighted by Gasteiger charge is 2.16. The van der Waals surface area contributed by atoms with Gasteiger partial charge in [0, 0.05) is 6.26 Å². The monoisotopic (exact) mass is 377 g/mol. The van der Waals surface area contributed by atoms with E-state index >= 15 is 0 Å². The Morgan fingerprint density at radius 2 is 1.81 bits per heavy atom. The quantitative estimate of drug-likeness (QED) is 0.775. The molecule has 0 aliphatic carbocycles. The molecule has 0 radical (unpaired) electrons. The number of carbonyl (C=O) groups excluding carboxylic acids is 2. The Morgan fingerprint density at radius 3 is 2.46 bits per heavy atom. The molecule has 7 nitrogen and oxygen atoms in total. The van der Waals surface area contributed by atoms with E-state index in [0.29, 0.717) is 5.75 Å². The summed E-state index contributed by atoms with van der Waals surface area (Å²) in [5.74, 6) is -0.797. The predicted molar refractivity (Wildman–Crippen MR) is 96.2 cm³/mol. The molecule has 0 fully saturated rings. The number of aryl methyl sites for hydroxylation is 1. The van der Waals surface area contributed by atoms with Gasteiger partial charge in [0.2, 0.25) is 0 Å². The van der Waals surface area contributed by atoms with Gasteiger partial charge in [-0.3, -0.25) is 4.79 Å². The van der Waals surface area contributed by atoms with Crippen molar-refractivity contribution in [1.82, 2.24) is 0 Å². The third-order valence-electron chi connectivity index (χ3n) is 3.54. The minimum atomic E-state index is -3.50. The fourth-order valence-corrected chi connectivity index (χ4v) is 3.09. The summed E-state index contributed by atoms with van der Waals surface area (Å²) in [4.78, 5) is 24.0. The van der Waals surface area contributed by atoms with Gasteiger partial charge < -0.3 is 14.8 Å². The van der Waals surface area contributed by atoms with E-state index in [-0.39, 0.29) is 16.1 Å². The lowest BCUT2D eigenvalue weighted by molar-refractivity contribution is -0.119. The fourth-order valence-electron chi connectivity index (χ4n) is 2.24. The summed E-state index contributed by atoms with van der Waals surface area (Å²) in [6.07, 6.45) is 1.04. The van der Waals surface area contributed by atoms with Crippen LogP contribution in [0.4, 0.5) is 5.69 Å². The van der Waals surface area contributed by atoms with Gasteiger partial charge >= 0.3 is 5.97 Å². The molecular weight excluding hydrogens is 358 g/mol. The van der Waals surface area contributed by atoms with Crippen LogP contribution < -0.4 is 10.1 Å². The minimum absolute atomic E-state index is 0.0112. The molecule has 1 amide bonds. The van der Waals surface area contributed by atoms with E-state index in [0.717, 1.165) is 11.8 Å². The molecule has 0 atom stereocenters. The average Bonchev–Trinajstić information content (AvgIpc) is 2.59. The molecule has 2 aromatic rings. The van der Waals surface area contributed by atoms with Crippen LogP contribution in [-0.2, 0) is 19.4 Å². The lowest BCUT2D eigenvalue weighted by Gasteiger charge is -2.10. The summed E-state index contributed by atoms with van der Waals surface area (Å²) in [6.45, 7) is 1.29. The molecule has 26 heavy (non-hydrogen) atoms. The Balaban J connectivity index is 2.03. The second kappa shape index (κ2) is 8.01. The van der Waals surface area contributed by atoms with Crippen LogP contribution >= 0.6 is 0 Å². The van der Waals surface area contributed by atoms with E-state index in [1.54, 1.807) is 24.3 Å². The summed E-state index contributed by atoms with van der Waals surface area (Å²) in [6, 6.07) is 10.8. The number of carbonyl (C=O) groups is 2. The van der Waals surface area contributed by atoms with Crippen molar-refractivity contribution >= 4 is 27.4 Å². The highest BCUT2D eigenvalue weighted by Crippen LogP contribution is 2.21. The second-order valence-electron chi connectivity index (χ2n) is 5.58. The maximum Gasteiger partial charge on any atom is 0.338 e. The van der Waals surface area contributed by atoms with Gasteiger partial charge in [-0.1, -0.05) is 18.2 Å². The van der Waals surface area contributed by atoms with Gasteiger partial charge in [0.25, 0.3) is 5.91 Å². The molecule has 0 bridgehead atoms. The number of esters is 1. The molecule has 1 N–H and O–H groups in total. The first-order valence-electron chi connectivity index (χ1n) is 7.63. The normalized spacial score (nSPS) is 10.9. The lowest BCUT2D eigenvalue weighted by Crippen LogP contribution is -2.22. The predicted octanol–water partition coefficient (Wildman–Crippen LogP) is 2.20. The van der Waals surface area contributed by atoms with Crippen LogP contribution in [0.25, 0.3) is 0 Å². The van der Waals surface area contributed by atoms with Gasteiger partial charge in [0.05, 0.1) is 23.3 Å². The summed E-state index contributed by atoms with van der Waals surface area (Å²) in [5.41, 5.74) is 1.24. The SMILES string of the molecule is COc1cc(C(=O)OCC(=O)Nc2ccccc2S(C)(=O)=O)ccc1C. The van der Waals surface area contributed by atoms with E-state index in [9.17, 15) is 18.0 Å². The maximum absolute atomic E-state index is 12.1. The average molecular weight is 377 g/mol. The molecule has 0 heterocycles. The van der Waals surface area contributed by atoms with Gasteiger partial charge in [-0.2, -0.15) is 0 Å². The first-order valence-corrected chi connectivity index (χ1v) is 9.52. The number of para-hydroxylation sites is 1. The van der Waals surface area contributed by atoms with Crippen LogP contribution in [0.1, 0.15) is 15.9 Å². The summed E-state index contributed by atoms with van der Waals surface area (Å²) < 4.78 is 33.6. The van der Waals surface area contributed by atoms with Crippen molar-refractivity contribution in [1.29, 1.82) is 0 Å². The maximum atomic E-state index is 12.1. The first kappa shape index (κ1) is 19.5. The van der Waals surface area contributed by atoms with E-state index in [4.69, 9.17) is 9.47 Å². The molecule has 0 spiro atoms. The molecule has 0 saturated heterocycles. The molecule has 2 rings (SSSR count). The molecule has 0 aliphatic rings. The number of nitrogens with one attached hydrogen (secondary N) is 1. The molecule has 0 aromatic heterocycles. The third kappa shape index (κ3) is 4.82. The number of amides is 1. The zero-order valence-corrected chi connectivity index (χ0v) is 15.4. The zero-order valence-electron chi connectivity index (χ0n) is 14.6. The Kier molecular flexibility index (Phi) is 5.99. The molecule has 8 heteroatoms. The molecule has 2 aromatic carbocycles. The third-order valence-corrected chi connectivity index (χ3v) is 4.69. The van der Waals surface area contributed by atoms with Crippen molar-refractivity contribution < 1.29 is 27.5 Å². The number of hydrogen-bond donors (Lipinski definition) is 1. The van der Waals surface area contributed by atoms with Gasteiger partial charge in [-0.15, -0.1) is 0 Å². The number of anilines is 1. The highest BCUT2D eigenvalue weighted by atomic mass is 32.2. The lowest BCUT2D eigenvalue weighted by atomic mass is 10.1. The van der Waals surface area contributed by atoms with Gasteiger partial charge in [0.15, 0.2) is 16.4 Å². The Morgan fingerprint density at radius 1 is 1.12 bits per heavy atom. The number of hydrogen-bond acceptors (Lipinski definition) is 6. The van der Waals surface area contributed by atoms with Crippen molar-refractivity contribution in [2.24, 2.45) is 0 Å². The van der Waals surface area contributed by atoms with E-state index < -0.39 is 28.3 Å². The topological polar surface area (TPSA) is 98.8 Å². The van der Waals surface area contributed by atoms with Crippen LogP contribution in [-0.4, -0.2) is 40.3 Å². The van der Waals surface area contributed by atoms with E-state index in [1.165, 1.54) is 25.3 Å². The molecule has 0 aliphatic heterocycles. The van der Waals surface area contributed by atoms with Crippen LogP contribution in [0.3, 0.4) is 0 Å². The Bertz CT molecular complexity index is 936. The van der Waals surface area contributed by atoms with E-state index in [1.807, 2.05) is 6.92 Å². The Labute approximate surface area is 151 Å². The summed E-state index contributed by atoms with van der Waals surface area (Å²) in [7, 11) is -2.01. The van der Waals surface area contributed by atoms with Crippen LogP contribution in [0.2, 0.25) is 0 Å². The van der Waals surface area contributed by atoms with Crippen molar-refractivity contribution in [3.05, 3.63) is 53.6 Å². The van der Waals surface area contributed by atoms with Gasteiger partial charge in [0.1, 0.15) is 5.75 Å². The molecule has 0 saturated carbocycles. The number of methoxy groups -OCH3 is 1. The van der Waals surface area contributed by atoms with Crippen molar-refractivity contribution in [2.45, 2.75) is 11.8 Å². The molecule has 138 valence electrons. The number of rotatable bonds is 6. The fraction of sp³-hybridized carbons (Fsp3) is 0.222. The highest BCUT2D eigenvalue weighted by molar-refractivity contribution is 7.90. The van der Waals surface area contributed by atoms with E-state index in [2.05, 4.69) is 5.32 Å².